The molecule has 3 aromatic rings. The minimum Gasteiger partial charge on any atom is -0.508 e. The molecular formula is C30H36IN5O4. The van der Waals surface area contributed by atoms with Crippen LogP contribution in [0.25, 0.3) is 10.8 Å². The first-order valence-corrected chi connectivity index (χ1v) is 15.0. The average Bonchev–Trinajstić information content (AvgIpc) is 3.50. The summed E-state index contributed by atoms with van der Waals surface area (Å²) in [4.78, 5) is 29.7. The van der Waals surface area contributed by atoms with Crippen LogP contribution in [0.4, 0.5) is 5.82 Å². The lowest BCUT2D eigenvalue weighted by Crippen LogP contribution is -2.47. The maximum atomic E-state index is 14.0. The molecule has 0 unspecified atom stereocenters. The van der Waals surface area contributed by atoms with Crippen LogP contribution >= 0.6 is 22.6 Å². The molecule has 3 aliphatic rings. The van der Waals surface area contributed by atoms with Gasteiger partial charge in [0.2, 0.25) is 0 Å². The zero-order valence-electron chi connectivity index (χ0n) is 23.3. The topological polar surface area (TPSA) is 102 Å². The number of carbonyl (C=O) groups is 1. The molecule has 1 saturated carbocycles. The van der Waals surface area contributed by atoms with Gasteiger partial charge in [-0.05, 0) is 92.9 Å². The van der Waals surface area contributed by atoms with Crippen molar-refractivity contribution in [3.05, 3.63) is 50.7 Å². The number of aliphatic hydroxyl groups is 1. The molecule has 1 aliphatic carbocycles. The van der Waals surface area contributed by atoms with E-state index < -0.39 is 5.60 Å². The number of aromatic nitrogens is 2. The van der Waals surface area contributed by atoms with E-state index in [2.05, 4.69) is 46.5 Å². The Hall–Kier alpha value is -2.70. The number of hydrogen-bond acceptors (Lipinski definition) is 8. The number of β-amino-alcohol motifs (C(OH)–C–C–N with tert-alkyl or cyclic N) is 1. The van der Waals surface area contributed by atoms with Gasteiger partial charge in [-0.1, -0.05) is 12.1 Å². The van der Waals surface area contributed by atoms with E-state index in [1.807, 2.05) is 25.1 Å². The molecule has 1 amide bonds. The highest BCUT2D eigenvalue weighted by Gasteiger charge is 2.44. The summed E-state index contributed by atoms with van der Waals surface area (Å²) in [6, 6.07) is 9.36. The summed E-state index contributed by atoms with van der Waals surface area (Å²) >= 11 is 2.24. The van der Waals surface area contributed by atoms with Gasteiger partial charge in [0.1, 0.15) is 11.6 Å². The third-order valence-corrected chi connectivity index (χ3v) is 9.16. The quantitative estimate of drug-likeness (QED) is 0.366. The van der Waals surface area contributed by atoms with Crippen LogP contribution in [0.15, 0.2) is 30.3 Å². The van der Waals surface area contributed by atoms with Crippen molar-refractivity contribution >= 4 is 45.1 Å². The summed E-state index contributed by atoms with van der Waals surface area (Å²) < 4.78 is 7.19. The van der Waals surface area contributed by atoms with Crippen molar-refractivity contribution in [1.82, 2.24) is 19.8 Å². The van der Waals surface area contributed by atoms with Gasteiger partial charge in [-0.3, -0.25) is 4.79 Å². The van der Waals surface area contributed by atoms with Crippen molar-refractivity contribution in [3.8, 4) is 11.8 Å². The molecular weight excluding hydrogens is 621 g/mol. The van der Waals surface area contributed by atoms with E-state index in [0.717, 1.165) is 70.2 Å². The Morgan fingerprint density at radius 1 is 1.18 bits per heavy atom. The zero-order valence-corrected chi connectivity index (χ0v) is 25.4. The first-order valence-electron chi connectivity index (χ1n) is 13.9. The Kier molecular flexibility index (Phi) is 7.07. The van der Waals surface area contributed by atoms with E-state index in [-0.39, 0.29) is 17.1 Å². The van der Waals surface area contributed by atoms with Gasteiger partial charge in [0.05, 0.1) is 36.6 Å². The Labute approximate surface area is 248 Å². The van der Waals surface area contributed by atoms with Gasteiger partial charge in [-0.15, -0.1) is 0 Å². The SMILES string of the molecule is CN(C)CC1(COc2nc3c(c(N4CCC[C@](C)(O)C4)n2)CN(C(=O)c2cc(O)cc4cccc(I)c24)C3)CC1. The molecule has 0 spiro atoms. The lowest BCUT2D eigenvalue weighted by atomic mass is 9.95. The monoisotopic (exact) mass is 657 g/mol. The first kappa shape index (κ1) is 27.5. The highest BCUT2D eigenvalue weighted by Crippen LogP contribution is 2.46. The van der Waals surface area contributed by atoms with E-state index in [0.29, 0.717) is 37.8 Å². The van der Waals surface area contributed by atoms with Gasteiger partial charge >= 0.3 is 6.01 Å². The molecule has 2 fully saturated rings. The van der Waals surface area contributed by atoms with E-state index >= 15 is 0 Å². The minimum atomic E-state index is -0.813. The Balaban J connectivity index is 1.33. The Morgan fingerprint density at radius 2 is 1.98 bits per heavy atom. The van der Waals surface area contributed by atoms with Gasteiger partial charge in [0.15, 0.2) is 0 Å². The van der Waals surface area contributed by atoms with Gasteiger partial charge in [-0.2, -0.15) is 9.97 Å². The summed E-state index contributed by atoms with van der Waals surface area (Å²) in [7, 11) is 4.16. The van der Waals surface area contributed by atoms with Crippen molar-refractivity contribution in [1.29, 1.82) is 0 Å². The molecule has 2 N–H and O–H groups in total. The molecule has 2 aliphatic heterocycles. The van der Waals surface area contributed by atoms with Crippen molar-refractivity contribution < 1.29 is 19.7 Å². The summed E-state index contributed by atoms with van der Waals surface area (Å²) in [5, 5.41) is 22.9. The number of phenolic OH excluding ortho intramolecular Hbond substituents is 1. The standard InChI is InChI=1S/C30H36IN5O4/c1-29(39)8-5-11-35(16-29)26-22-14-36(27(38)21-13-20(37)12-19-6-4-7-23(31)25(19)21)15-24(22)32-28(33-26)40-18-30(9-10-30)17-34(2)3/h4,6-7,12-13,37,39H,5,8-11,14-18H2,1-3H3/t29-/m0/s1. The molecule has 0 bridgehead atoms. The summed E-state index contributed by atoms with van der Waals surface area (Å²) in [6.07, 6.45) is 3.83. The molecule has 1 atom stereocenters. The number of hydrogen-bond donors (Lipinski definition) is 2. The molecule has 6 rings (SSSR count). The molecule has 0 radical (unpaired) electrons. The maximum absolute atomic E-state index is 14.0. The molecule has 10 heteroatoms. The molecule has 1 aromatic heterocycles. The van der Waals surface area contributed by atoms with E-state index in [1.54, 1.807) is 17.0 Å². The molecule has 40 heavy (non-hydrogen) atoms. The fourth-order valence-electron chi connectivity index (χ4n) is 6.20. The number of halogens is 1. The minimum absolute atomic E-state index is 0.0630. The van der Waals surface area contributed by atoms with Crippen molar-refractivity contribution in [3.63, 3.8) is 0 Å². The number of carbonyl (C=O) groups excluding carboxylic acids is 1. The Bertz CT molecular complexity index is 1470. The van der Waals surface area contributed by atoms with Gasteiger partial charge in [0, 0.05) is 39.6 Å². The molecule has 1 saturated heterocycles. The predicted molar refractivity (Wildman–Crippen MR) is 162 cm³/mol. The number of anilines is 1. The third-order valence-electron chi connectivity index (χ3n) is 8.26. The van der Waals surface area contributed by atoms with Gasteiger partial charge in [0.25, 0.3) is 5.91 Å². The lowest BCUT2D eigenvalue weighted by molar-refractivity contribution is 0.0445. The number of benzene rings is 2. The highest BCUT2D eigenvalue weighted by molar-refractivity contribution is 14.1. The zero-order chi connectivity index (χ0) is 28.2. The largest absolute Gasteiger partial charge is 0.508 e. The first-order chi connectivity index (χ1) is 19.0. The van der Waals surface area contributed by atoms with Crippen LogP contribution in [0.3, 0.4) is 0 Å². The Morgan fingerprint density at radius 3 is 2.70 bits per heavy atom. The summed E-state index contributed by atoms with van der Waals surface area (Å²) in [5.41, 5.74) is 1.46. The fourth-order valence-corrected chi connectivity index (χ4v) is 7.01. The number of rotatable bonds is 7. The van der Waals surface area contributed by atoms with Crippen LogP contribution in [0, 0.1) is 8.99 Å². The average molecular weight is 658 g/mol. The molecule has 9 nitrogen and oxygen atoms in total. The third kappa shape index (κ3) is 5.45. The van der Waals surface area contributed by atoms with E-state index in [1.165, 1.54) is 0 Å². The van der Waals surface area contributed by atoms with Crippen molar-refractivity contribution in [2.75, 3.05) is 45.2 Å². The van der Waals surface area contributed by atoms with Crippen LogP contribution in [0.1, 0.15) is 54.2 Å². The van der Waals surface area contributed by atoms with Crippen LogP contribution in [-0.2, 0) is 13.1 Å². The number of phenols is 1. The number of piperidine rings is 1. The summed E-state index contributed by atoms with van der Waals surface area (Å²) in [5.74, 6) is 0.640. The van der Waals surface area contributed by atoms with Crippen LogP contribution in [0.2, 0.25) is 0 Å². The van der Waals surface area contributed by atoms with Gasteiger partial charge in [-0.25, -0.2) is 0 Å². The number of fused-ring (bicyclic) bond motifs is 2. The number of aromatic hydroxyl groups is 1. The molecule has 212 valence electrons. The number of ether oxygens (including phenoxy) is 1. The normalized spacial score (nSPS) is 21.6. The second-order valence-electron chi connectivity index (χ2n) is 12.3. The second-order valence-corrected chi connectivity index (χ2v) is 13.5. The number of amides is 1. The fraction of sp³-hybridized carbons (Fsp3) is 0.500. The van der Waals surface area contributed by atoms with Crippen LogP contribution < -0.4 is 9.64 Å². The molecule has 2 aromatic carbocycles. The van der Waals surface area contributed by atoms with E-state index in [4.69, 9.17) is 14.7 Å². The molecule has 3 heterocycles. The van der Waals surface area contributed by atoms with Crippen molar-refractivity contribution in [2.45, 2.75) is 51.3 Å². The van der Waals surface area contributed by atoms with Crippen LogP contribution in [0.5, 0.6) is 11.8 Å². The van der Waals surface area contributed by atoms with Crippen molar-refractivity contribution in [2.24, 2.45) is 5.41 Å². The predicted octanol–water partition coefficient (Wildman–Crippen LogP) is 4.17. The second kappa shape index (κ2) is 10.3. The number of nitrogens with zero attached hydrogens (tertiary/aromatic N) is 5. The van der Waals surface area contributed by atoms with E-state index in [9.17, 15) is 15.0 Å². The maximum Gasteiger partial charge on any atom is 0.318 e. The van der Waals surface area contributed by atoms with Crippen LogP contribution in [-0.4, -0.2) is 81.8 Å². The smallest absolute Gasteiger partial charge is 0.318 e. The summed E-state index contributed by atoms with van der Waals surface area (Å²) in [6.45, 7) is 5.29. The van der Waals surface area contributed by atoms with Gasteiger partial charge < -0.3 is 29.6 Å². The highest BCUT2D eigenvalue weighted by atomic mass is 127. The lowest BCUT2D eigenvalue weighted by Gasteiger charge is -2.38.